The highest BCUT2D eigenvalue weighted by Gasteiger charge is 2.15. The van der Waals surface area contributed by atoms with Crippen molar-refractivity contribution in [3.05, 3.63) is 47.7 Å². The van der Waals surface area contributed by atoms with E-state index in [-0.39, 0.29) is 6.54 Å². The molecule has 2 rings (SSSR count). The summed E-state index contributed by atoms with van der Waals surface area (Å²) in [5.41, 5.74) is 0.724. The highest BCUT2D eigenvalue weighted by Crippen LogP contribution is 2.13. The van der Waals surface area contributed by atoms with E-state index in [1.165, 1.54) is 0 Å². The molecule has 0 aliphatic carbocycles. The minimum absolute atomic E-state index is 0.261. The summed E-state index contributed by atoms with van der Waals surface area (Å²) in [5.74, 6) is 1.25. The Morgan fingerprint density at radius 3 is 2.63 bits per heavy atom. The molecule has 102 valence electrons. The zero-order valence-corrected chi connectivity index (χ0v) is 11.7. The Bertz CT molecular complexity index is 662. The minimum atomic E-state index is -3.47. The number of aromatic nitrogens is 1. The van der Waals surface area contributed by atoms with Gasteiger partial charge in [-0.05, 0) is 25.5 Å². The van der Waals surface area contributed by atoms with Crippen LogP contribution in [0.3, 0.4) is 0 Å². The number of aryl methyl sites for hydroxylation is 2. The second-order valence-electron chi connectivity index (χ2n) is 4.28. The van der Waals surface area contributed by atoms with Crippen molar-refractivity contribution in [1.82, 2.24) is 9.71 Å². The van der Waals surface area contributed by atoms with E-state index in [9.17, 15) is 8.42 Å². The molecule has 1 heterocycles. The number of oxazole rings is 1. The fourth-order valence-electron chi connectivity index (χ4n) is 1.75. The lowest BCUT2D eigenvalue weighted by molar-refractivity contribution is 0.469. The molecule has 0 amide bonds. The Labute approximate surface area is 112 Å². The van der Waals surface area contributed by atoms with Crippen molar-refractivity contribution >= 4 is 10.0 Å². The van der Waals surface area contributed by atoms with Crippen molar-refractivity contribution in [2.75, 3.05) is 6.54 Å². The molecular weight excluding hydrogens is 264 g/mol. The molecule has 6 heteroatoms. The van der Waals surface area contributed by atoms with Crippen LogP contribution in [0.5, 0.6) is 0 Å². The highest BCUT2D eigenvalue weighted by molar-refractivity contribution is 7.89. The summed E-state index contributed by atoms with van der Waals surface area (Å²) in [4.78, 5) is 4.33. The number of hydrogen-bond donors (Lipinski definition) is 1. The molecule has 0 spiro atoms. The van der Waals surface area contributed by atoms with Gasteiger partial charge >= 0.3 is 0 Å². The van der Waals surface area contributed by atoms with Gasteiger partial charge < -0.3 is 4.42 Å². The SMILES string of the molecule is Cc1cnc(CCNS(=O)(=O)c2ccccc2C)o1. The van der Waals surface area contributed by atoms with Gasteiger partial charge in [0.15, 0.2) is 5.89 Å². The van der Waals surface area contributed by atoms with Gasteiger partial charge in [0.25, 0.3) is 0 Å². The lowest BCUT2D eigenvalue weighted by atomic mass is 10.2. The van der Waals surface area contributed by atoms with E-state index >= 15 is 0 Å². The summed E-state index contributed by atoms with van der Waals surface area (Å²) in [6.45, 7) is 3.83. The molecule has 19 heavy (non-hydrogen) atoms. The van der Waals surface area contributed by atoms with Crippen molar-refractivity contribution < 1.29 is 12.8 Å². The summed E-state index contributed by atoms with van der Waals surface area (Å²) in [7, 11) is -3.47. The fourth-order valence-corrected chi connectivity index (χ4v) is 3.02. The zero-order chi connectivity index (χ0) is 13.9. The van der Waals surface area contributed by atoms with Crippen LogP contribution in [-0.4, -0.2) is 19.9 Å². The second-order valence-corrected chi connectivity index (χ2v) is 6.01. The van der Waals surface area contributed by atoms with Crippen molar-refractivity contribution in [1.29, 1.82) is 0 Å². The predicted octanol–water partition coefficient (Wildman–Crippen LogP) is 1.81. The summed E-state index contributed by atoms with van der Waals surface area (Å²) >= 11 is 0. The minimum Gasteiger partial charge on any atom is -0.446 e. The summed E-state index contributed by atoms with van der Waals surface area (Å²) in [6.07, 6.45) is 2.05. The molecule has 0 aliphatic heterocycles. The van der Waals surface area contributed by atoms with E-state index in [2.05, 4.69) is 9.71 Å². The smallest absolute Gasteiger partial charge is 0.240 e. The fraction of sp³-hybridized carbons (Fsp3) is 0.308. The second kappa shape index (κ2) is 5.54. The average Bonchev–Trinajstić information content (AvgIpc) is 2.75. The first-order chi connectivity index (χ1) is 8.99. The van der Waals surface area contributed by atoms with Crippen LogP contribution in [0.1, 0.15) is 17.2 Å². The Kier molecular flexibility index (Phi) is 4.01. The van der Waals surface area contributed by atoms with Crippen LogP contribution in [-0.2, 0) is 16.4 Å². The maximum atomic E-state index is 12.1. The monoisotopic (exact) mass is 280 g/mol. The van der Waals surface area contributed by atoms with Crippen LogP contribution in [0, 0.1) is 13.8 Å². The first kappa shape index (κ1) is 13.8. The van der Waals surface area contributed by atoms with Crippen molar-refractivity contribution in [3.63, 3.8) is 0 Å². The zero-order valence-electron chi connectivity index (χ0n) is 10.9. The molecule has 0 bridgehead atoms. The molecule has 0 fully saturated rings. The number of nitrogens with one attached hydrogen (secondary N) is 1. The van der Waals surface area contributed by atoms with Gasteiger partial charge in [-0.25, -0.2) is 18.1 Å². The van der Waals surface area contributed by atoms with Gasteiger partial charge in [-0.15, -0.1) is 0 Å². The van der Waals surface area contributed by atoms with Crippen LogP contribution in [0.25, 0.3) is 0 Å². The van der Waals surface area contributed by atoms with Gasteiger partial charge in [-0.3, -0.25) is 0 Å². The topological polar surface area (TPSA) is 72.2 Å². The van der Waals surface area contributed by atoms with E-state index in [1.54, 1.807) is 38.2 Å². The molecule has 0 unspecified atom stereocenters. The molecule has 0 radical (unpaired) electrons. The molecule has 1 N–H and O–H groups in total. The first-order valence-electron chi connectivity index (χ1n) is 5.95. The molecule has 2 aromatic rings. The van der Waals surface area contributed by atoms with Gasteiger partial charge in [0.1, 0.15) is 5.76 Å². The van der Waals surface area contributed by atoms with Gasteiger partial charge in [-0.2, -0.15) is 0 Å². The Hall–Kier alpha value is -1.66. The molecule has 1 aromatic carbocycles. The Morgan fingerprint density at radius 2 is 2.00 bits per heavy atom. The van der Waals surface area contributed by atoms with E-state index in [1.807, 2.05) is 6.07 Å². The van der Waals surface area contributed by atoms with E-state index in [0.29, 0.717) is 17.2 Å². The third-order valence-electron chi connectivity index (χ3n) is 2.68. The van der Waals surface area contributed by atoms with Crippen molar-refractivity contribution in [2.24, 2.45) is 0 Å². The largest absolute Gasteiger partial charge is 0.446 e. The standard InChI is InChI=1S/C13H16N2O3S/c1-10-5-3-4-6-12(10)19(16,17)15-8-7-13-14-9-11(2)18-13/h3-6,9,15H,7-8H2,1-2H3. The summed E-state index contributed by atoms with van der Waals surface area (Å²) in [6, 6.07) is 6.88. The lowest BCUT2D eigenvalue weighted by Crippen LogP contribution is -2.26. The average molecular weight is 280 g/mol. The lowest BCUT2D eigenvalue weighted by Gasteiger charge is -2.08. The maximum Gasteiger partial charge on any atom is 0.240 e. The molecule has 5 nitrogen and oxygen atoms in total. The van der Waals surface area contributed by atoms with E-state index in [4.69, 9.17) is 4.42 Å². The number of rotatable bonds is 5. The molecule has 1 aromatic heterocycles. The summed E-state index contributed by atoms with van der Waals surface area (Å²) < 4.78 is 32.0. The van der Waals surface area contributed by atoms with Gasteiger partial charge in [0.2, 0.25) is 10.0 Å². The number of hydrogen-bond acceptors (Lipinski definition) is 4. The third kappa shape index (κ3) is 3.42. The Balaban J connectivity index is 2.01. The third-order valence-corrected chi connectivity index (χ3v) is 4.30. The van der Waals surface area contributed by atoms with Crippen LogP contribution in [0.4, 0.5) is 0 Å². The quantitative estimate of drug-likeness (QED) is 0.906. The molecule has 0 aliphatic rings. The summed E-state index contributed by atoms with van der Waals surface area (Å²) in [5, 5.41) is 0. The molecule has 0 saturated heterocycles. The normalized spacial score (nSPS) is 11.7. The van der Waals surface area contributed by atoms with Crippen molar-refractivity contribution in [2.45, 2.75) is 25.2 Å². The highest BCUT2D eigenvalue weighted by atomic mass is 32.2. The molecular formula is C13H16N2O3S. The number of sulfonamides is 1. The van der Waals surface area contributed by atoms with E-state index < -0.39 is 10.0 Å². The van der Waals surface area contributed by atoms with Crippen LogP contribution in [0.15, 0.2) is 39.8 Å². The van der Waals surface area contributed by atoms with Gasteiger partial charge in [0.05, 0.1) is 11.1 Å². The molecule has 0 atom stereocenters. The van der Waals surface area contributed by atoms with Crippen LogP contribution >= 0.6 is 0 Å². The van der Waals surface area contributed by atoms with Gasteiger partial charge in [-0.1, -0.05) is 18.2 Å². The predicted molar refractivity (Wildman–Crippen MR) is 71.3 cm³/mol. The van der Waals surface area contributed by atoms with Crippen LogP contribution in [0.2, 0.25) is 0 Å². The Morgan fingerprint density at radius 1 is 1.26 bits per heavy atom. The van der Waals surface area contributed by atoms with Crippen molar-refractivity contribution in [3.8, 4) is 0 Å². The number of benzene rings is 1. The number of nitrogens with zero attached hydrogens (tertiary/aromatic N) is 1. The van der Waals surface area contributed by atoms with Crippen LogP contribution < -0.4 is 4.72 Å². The maximum absolute atomic E-state index is 12.1. The van der Waals surface area contributed by atoms with E-state index in [0.717, 1.165) is 11.3 Å². The first-order valence-corrected chi connectivity index (χ1v) is 7.44. The van der Waals surface area contributed by atoms with Gasteiger partial charge in [0, 0.05) is 13.0 Å². The molecule has 0 saturated carbocycles.